The van der Waals surface area contributed by atoms with Gasteiger partial charge in [-0.2, -0.15) is 4.98 Å². The minimum Gasteiger partial charge on any atom is -0.480 e. The summed E-state index contributed by atoms with van der Waals surface area (Å²) < 4.78 is 5.20. The first-order valence-corrected chi connectivity index (χ1v) is 5.19. The predicted octanol–water partition coefficient (Wildman–Crippen LogP) is 1.41. The molecule has 0 aliphatic carbocycles. The molecule has 5 heteroatoms. The van der Waals surface area contributed by atoms with Crippen molar-refractivity contribution in [3.63, 3.8) is 0 Å². The SMILES string of the molecule is COc1nc(N(C)C)sc1C(C)(C)N. The van der Waals surface area contributed by atoms with Crippen LogP contribution in [0.5, 0.6) is 5.88 Å². The third kappa shape index (κ3) is 2.16. The summed E-state index contributed by atoms with van der Waals surface area (Å²) in [6.07, 6.45) is 0. The monoisotopic (exact) mass is 215 g/mol. The zero-order valence-electron chi connectivity index (χ0n) is 9.29. The summed E-state index contributed by atoms with van der Waals surface area (Å²) >= 11 is 1.56. The summed E-state index contributed by atoms with van der Waals surface area (Å²) in [5, 5.41) is 0.912. The van der Waals surface area contributed by atoms with Crippen LogP contribution < -0.4 is 15.4 Å². The van der Waals surface area contributed by atoms with Crippen molar-refractivity contribution >= 4 is 16.5 Å². The van der Waals surface area contributed by atoms with Gasteiger partial charge < -0.3 is 15.4 Å². The van der Waals surface area contributed by atoms with Gasteiger partial charge in [0, 0.05) is 14.1 Å². The van der Waals surface area contributed by atoms with Gasteiger partial charge in [0.1, 0.15) is 0 Å². The number of nitrogens with zero attached hydrogens (tertiary/aromatic N) is 2. The highest BCUT2D eigenvalue weighted by Gasteiger charge is 2.24. The number of aromatic nitrogens is 1. The average molecular weight is 215 g/mol. The van der Waals surface area contributed by atoms with Crippen LogP contribution in [0.25, 0.3) is 0 Å². The van der Waals surface area contributed by atoms with Crippen molar-refractivity contribution in [2.24, 2.45) is 5.73 Å². The van der Waals surface area contributed by atoms with Gasteiger partial charge in [-0.05, 0) is 13.8 Å². The molecule has 0 fully saturated rings. The molecule has 0 spiro atoms. The molecule has 0 amide bonds. The first-order chi connectivity index (χ1) is 6.36. The van der Waals surface area contributed by atoms with Crippen LogP contribution in [0.2, 0.25) is 0 Å². The second-order valence-electron chi connectivity index (χ2n) is 3.95. The van der Waals surface area contributed by atoms with E-state index in [9.17, 15) is 0 Å². The fourth-order valence-electron chi connectivity index (χ4n) is 1.03. The third-order valence-electron chi connectivity index (χ3n) is 1.75. The third-order valence-corrected chi connectivity index (χ3v) is 3.29. The zero-order chi connectivity index (χ0) is 10.9. The van der Waals surface area contributed by atoms with Crippen LogP contribution >= 0.6 is 11.3 Å². The first-order valence-electron chi connectivity index (χ1n) is 4.37. The smallest absolute Gasteiger partial charge is 0.231 e. The summed E-state index contributed by atoms with van der Waals surface area (Å²) in [7, 11) is 5.51. The molecule has 0 saturated carbocycles. The minimum absolute atomic E-state index is 0.405. The summed E-state index contributed by atoms with van der Waals surface area (Å²) in [5.41, 5.74) is 5.61. The van der Waals surface area contributed by atoms with E-state index in [0.717, 1.165) is 10.0 Å². The highest BCUT2D eigenvalue weighted by Crippen LogP contribution is 2.36. The van der Waals surface area contributed by atoms with Crippen LogP contribution in [-0.2, 0) is 5.54 Å². The molecule has 0 aromatic carbocycles. The summed E-state index contributed by atoms with van der Waals surface area (Å²) in [4.78, 5) is 7.26. The lowest BCUT2D eigenvalue weighted by atomic mass is 10.1. The molecule has 0 unspecified atom stereocenters. The van der Waals surface area contributed by atoms with Gasteiger partial charge in [-0.1, -0.05) is 11.3 Å². The number of ether oxygens (including phenoxy) is 1. The van der Waals surface area contributed by atoms with Gasteiger partial charge in [-0.3, -0.25) is 0 Å². The topological polar surface area (TPSA) is 51.4 Å². The van der Waals surface area contributed by atoms with E-state index in [4.69, 9.17) is 10.5 Å². The van der Waals surface area contributed by atoms with Crippen LogP contribution in [-0.4, -0.2) is 26.2 Å². The number of nitrogens with two attached hydrogens (primary N) is 1. The molecule has 4 nitrogen and oxygen atoms in total. The lowest BCUT2D eigenvalue weighted by Crippen LogP contribution is -2.27. The van der Waals surface area contributed by atoms with Gasteiger partial charge in [0.05, 0.1) is 17.5 Å². The van der Waals surface area contributed by atoms with Gasteiger partial charge in [-0.15, -0.1) is 0 Å². The molecular formula is C9H17N3OS. The lowest BCUT2D eigenvalue weighted by molar-refractivity contribution is 0.384. The number of hydrogen-bond acceptors (Lipinski definition) is 5. The van der Waals surface area contributed by atoms with Crippen molar-refractivity contribution in [3.05, 3.63) is 4.88 Å². The van der Waals surface area contributed by atoms with Gasteiger partial charge in [0.2, 0.25) is 5.88 Å². The molecule has 0 aliphatic rings. The van der Waals surface area contributed by atoms with Gasteiger partial charge >= 0.3 is 0 Å². The predicted molar refractivity (Wildman–Crippen MR) is 60.2 cm³/mol. The van der Waals surface area contributed by atoms with E-state index in [-0.39, 0.29) is 0 Å². The zero-order valence-corrected chi connectivity index (χ0v) is 10.1. The Morgan fingerprint density at radius 1 is 1.43 bits per heavy atom. The highest BCUT2D eigenvalue weighted by molar-refractivity contribution is 7.16. The Bertz CT molecular complexity index is 314. The van der Waals surface area contributed by atoms with Gasteiger partial charge in [0.25, 0.3) is 0 Å². The van der Waals surface area contributed by atoms with Crippen molar-refractivity contribution in [2.45, 2.75) is 19.4 Å². The van der Waals surface area contributed by atoms with E-state index in [1.807, 2.05) is 32.8 Å². The maximum Gasteiger partial charge on any atom is 0.231 e. The molecule has 0 saturated heterocycles. The van der Waals surface area contributed by atoms with Crippen molar-refractivity contribution < 1.29 is 4.74 Å². The van der Waals surface area contributed by atoms with Crippen LogP contribution in [0, 0.1) is 0 Å². The second-order valence-corrected chi connectivity index (χ2v) is 4.93. The Morgan fingerprint density at radius 2 is 2.00 bits per heavy atom. The molecule has 0 radical (unpaired) electrons. The van der Waals surface area contributed by atoms with Gasteiger partial charge in [0.15, 0.2) is 5.13 Å². The molecule has 0 aliphatic heterocycles. The minimum atomic E-state index is -0.405. The fraction of sp³-hybridized carbons (Fsp3) is 0.667. The summed E-state index contributed by atoms with van der Waals surface area (Å²) in [6, 6.07) is 0. The maximum absolute atomic E-state index is 6.02. The molecule has 1 heterocycles. The Morgan fingerprint density at radius 3 is 2.29 bits per heavy atom. The van der Waals surface area contributed by atoms with E-state index < -0.39 is 5.54 Å². The summed E-state index contributed by atoms with van der Waals surface area (Å²) in [5.74, 6) is 0.631. The van der Waals surface area contributed by atoms with Crippen molar-refractivity contribution in [2.75, 3.05) is 26.1 Å². The Hall–Kier alpha value is -0.810. The number of hydrogen-bond donors (Lipinski definition) is 1. The quantitative estimate of drug-likeness (QED) is 0.828. The van der Waals surface area contributed by atoms with Crippen molar-refractivity contribution in [1.82, 2.24) is 4.98 Å². The molecule has 1 rings (SSSR count). The molecule has 1 aromatic heterocycles. The number of thiazole rings is 1. The maximum atomic E-state index is 6.02. The van der Waals surface area contributed by atoms with Crippen LogP contribution in [0.3, 0.4) is 0 Å². The lowest BCUT2D eigenvalue weighted by Gasteiger charge is -2.16. The Labute approximate surface area is 88.7 Å². The van der Waals surface area contributed by atoms with Crippen LogP contribution in [0.1, 0.15) is 18.7 Å². The molecule has 14 heavy (non-hydrogen) atoms. The van der Waals surface area contributed by atoms with E-state index in [0.29, 0.717) is 5.88 Å². The van der Waals surface area contributed by atoms with E-state index >= 15 is 0 Å². The number of methoxy groups -OCH3 is 1. The van der Waals surface area contributed by atoms with E-state index in [1.54, 1.807) is 18.4 Å². The molecular weight excluding hydrogens is 198 g/mol. The normalized spacial score (nSPS) is 11.6. The van der Waals surface area contributed by atoms with Crippen LogP contribution in [0.15, 0.2) is 0 Å². The molecule has 0 bridgehead atoms. The first kappa shape index (κ1) is 11.3. The Kier molecular flexibility index (Phi) is 3.01. The number of anilines is 1. The molecule has 80 valence electrons. The molecule has 0 atom stereocenters. The standard InChI is InChI=1S/C9H17N3OS/c1-9(2,10)6-7(13-5)11-8(14-6)12(3)4/h10H2,1-5H3. The van der Waals surface area contributed by atoms with Crippen molar-refractivity contribution in [1.29, 1.82) is 0 Å². The van der Waals surface area contributed by atoms with E-state index in [1.165, 1.54) is 0 Å². The fourth-order valence-corrected chi connectivity index (χ4v) is 2.01. The Balaban J connectivity index is 3.16. The second kappa shape index (κ2) is 3.74. The largest absolute Gasteiger partial charge is 0.480 e. The average Bonchev–Trinajstić information content (AvgIpc) is 2.46. The van der Waals surface area contributed by atoms with Gasteiger partial charge in [-0.25, -0.2) is 0 Å². The highest BCUT2D eigenvalue weighted by atomic mass is 32.1. The van der Waals surface area contributed by atoms with Crippen molar-refractivity contribution in [3.8, 4) is 5.88 Å². The summed E-state index contributed by atoms with van der Waals surface area (Å²) in [6.45, 7) is 3.89. The molecule has 2 N–H and O–H groups in total. The van der Waals surface area contributed by atoms with E-state index in [2.05, 4.69) is 4.98 Å². The molecule has 1 aromatic rings. The van der Waals surface area contributed by atoms with Crippen LogP contribution in [0.4, 0.5) is 5.13 Å². The number of rotatable bonds is 3.